The fraction of sp³-hybridized carbons (Fsp3) is 0.200. The average molecular weight is 351 g/mol. The number of rotatable bonds is 3. The van der Waals surface area contributed by atoms with Crippen LogP contribution in [0.3, 0.4) is 0 Å². The zero-order valence-corrected chi connectivity index (χ0v) is 12.9. The molecule has 2 aromatic heterocycles. The van der Waals surface area contributed by atoms with Crippen LogP contribution < -0.4 is 20.1 Å². The van der Waals surface area contributed by atoms with Gasteiger partial charge in [0.25, 0.3) is 0 Å². The van der Waals surface area contributed by atoms with Crippen molar-refractivity contribution >= 4 is 28.5 Å². The van der Waals surface area contributed by atoms with Gasteiger partial charge in [0.2, 0.25) is 12.7 Å². The highest BCUT2D eigenvalue weighted by Crippen LogP contribution is 2.41. The number of aromatic amines is 1. The predicted octanol–water partition coefficient (Wildman–Crippen LogP) is 3.49. The van der Waals surface area contributed by atoms with Crippen LogP contribution in [0.4, 0.5) is 30.6 Å². The van der Waals surface area contributed by atoms with Gasteiger partial charge in [0.15, 0.2) is 11.5 Å². The fourth-order valence-corrected chi connectivity index (χ4v) is 2.64. The maximum absolute atomic E-state index is 13.1. The van der Waals surface area contributed by atoms with Crippen molar-refractivity contribution in [3.05, 3.63) is 30.0 Å². The molecular weight excluding hydrogens is 339 g/mol. The van der Waals surface area contributed by atoms with Crippen LogP contribution in [0.15, 0.2) is 24.4 Å². The van der Waals surface area contributed by atoms with Gasteiger partial charge in [-0.3, -0.25) is 0 Å². The quantitative estimate of drug-likeness (QED) is 0.670. The number of aromatic nitrogens is 3. The van der Waals surface area contributed by atoms with E-state index in [1.54, 1.807) is 18.2 Å². The van der Waals surface area contributed by atoms with Crippen molar-refractivity contribution in [1.82, 2.24) is 15.0 Å². The van der Waals surface area contributed by atoms with Crippen LogP contribution in [0.2, 0.25) is 0 Å². The van der Waals surface area contributed by atoms with Gasteiger partial charge in [-0.1, -0.05) is 6.07 Å². The number of nitrogens with one attached hydrogen (secondary N) is 3. The second-order valence-corrected chi connectivity index (χ2v) is 5.23. The van der Waals surface area contributed by atoms with E-state index in [0.29, 0.717) is 17.2 Å². The maximum atomic E-state index is 13.1. The largest absolute Gasteiger partial charge is 0.454 e. The number of nitrogens with zero attached hydrogens (tertiary/aromatic N) is 2. The van der Waals surface area contributed by atoms with Crippen molar-refractivity contribution in [1.29, 1.82) is 0 Å². The van der Waals surface area contributed by atoms with Crippen molar-refractivity contribution < 1.29 is 22.6 Å². The first-order chi connectivity index (χ1) is 12.0. The van der Waals surface area contributed by atoms with E-state index in [0.717, 1.165) is 6.20 Å². The van der Waals surface area contributed by atoms with Gasteiger partial charge in [-0.15, -0.1) is 0 Å². The van der Waals surface area contributed by atoms with Gasteiger partial charge in [0.05, 0.1) is 16.6 Å². The molecule has 1 aliphatic heterocycles. The molecule has 0 fully saturated rings. The Labute approximate surface area is 139 Å². The first kappa shape index (κ1) is 15.4. The van der Waals surface area contributed by atoms with Crippen LogP contribution in [0.1, 0.15) is 5.56 Å². The van der Waals surface area contributed by atoms with E-state index < -0.39 is 11.7 Å². The molecule has 3 aromatic rings. The number of ether oxygens (including phenoxy) is 2. The van der Waals surface area contributed by atoms with E-state index in [1.807, 2.05) is 0 Å². The van der Waals surface area contributed by atoms with Gasteiger partial charge < -0.3 is 25.1 Å². The normalized spacial score (nSPS) is 13.3. The SMILES string of the molecule is CNc1nc(Nc2cccc3c2OCO3)nc2[nH]cc(C(F)(F)F)c12. The number of H-pyrrole nitrogens is 1. The summed E-state index contributed by atoms with van der Waals surface area (Å²) in [6.45, 7) is 0.0985. The molecule has 0 saturated carbocycles. The van der Waals surface area contributed by atoms with Gasteiger partial charge in [-0.25, -0.2) is 0 Å². The smallest absolute Gasteiger partial charge is 0.418 e. The number of alkyl halides is 3. The number of hydrogen-bond donors (Lipinski definition) is 3. The van der Waals surface area contributed by atoms with Crippen LogP contribution in [-0.2, 0) is 6.18 Å². The maximum Gasteiger partial charge on any atom is 0.418 e. The summed E-state index contributed by atoms with van der Waals surface area (Å²) >= 11 is 0. The number of fused-ring (bicyclic) bond motifs is 2. The Morgan fingerprint density at radius 2 is 2.04 bits per heavy atom. The molecule has 0 bridgehead atoms. The molecule has 1 aromatic carbocycles. The highest BCUT2D eigenvalue weighted by atomic mass is 19.4. The summed E-state index contributed by atoms with van der Waals surface area (Å²) < 4.78 is 50.0. The number of benzene rings is 1. The number of anilines is 3. The van der Waals surface area contributed by atoms with Crippen LogP contribution in [0, 0.1) is 0 Å². The molecule has 130 valence electrons. The Balaban J connectivity index is 1.78. The van der Waals surface area contributed by atoms with E-state index in [2.05, 4.69) is 25.6 Å². The molecule has 0 radical (unpaired) electrons. The lowest BCUT2D eigenvalue weighted by atomic mass is 10.2. The molecular formula is C15H12F3N5O2. The van der Waals surface area contributed by atoms with Crippen molar-refractivity contribution in [3.63, 3.8) is 0 Å². The highest BCUT2D eigenvalue weighted by molar-refractivity contribution is 5.92. The lowest BCUT2D eigenvalue weighted by Crippen LogP contribution is -2.07. The molecule has 0 aliphatic carbocycles. The first-order valence-electron chi connectivity index (χ1n) is 7.27. The molecule has 1 aliphatic rings. The minimum atomic E-state index is -4.51. The van der Waals surface area contributed by atoms with E-state index in [9.17, 15) is 13.2 Å². The molecule has 3 N–H and O–H groups in total. The molecule has 10 heteroatoms. The van der Waals surface area contributed by atoms with E-state index in [-0.39, 0.29) is 29.6 Å². The van der Waals surface area contributed by atoms with E-state index in [1.165, 1.54) is 7.05 Å². The zero-order chi connectivity index (χ0) is 17.6. The molecule has 0 atom stereocenters. The van der Waals surface area contributed by atoms with Crippen molar-refractivity contribution in [3.8, 4) is 11.5 Å². The summed E-state index contributed by atoms with van der Waals surface area (Å²) in [5.74, 6) is 1.25. The summed E-state index contributed by atoms with van der Waals surface area (Å²) in [6.07, 6.45) is -3.63. The monoisotopic (exact) mass is 351 g/mol. The van der Waals surface area contributed by atoms with Crippen molar-refractivity contribution in [2.45, 2.75) is 6.18 Å². The summed E-state index contributed by atoms with van der Waals surface area (Å²) in [6, 6.07) is 5.23. The first-order valence-corrected chi connectivity index (χ1v) is 7.27. The van der Waals surface area contributed by atoms with Crippen LogP contribution >= 0.6 is 0 Å². The lowest BCUT2D eigenvalue weighted by Gasteiger charge is -2.11. The molecule has 7 nitrogen and oxygen atoms in total. The van der Waals surface area contributed by atoms with Crippen molar-refractivity contribution in [2.75, 3.05) is 24.5 Å². The zero-order valence-electron chi connectivity index (χ0n) is 12.9. The summed E-state index contributed by atoms with van der Waals surface area (Å²) in [5.41, 5.74) is -0.200. The molecule has 0 spiro atoms. The molecule has 0 unspecified atom stereocenters. The topological polar surface area (TPSA) is 84.1 Å². The van der Waals surface area contributed by atoms with Gasteiger partial charge in [0, 0.05) is 13.2 Å². The van der Waals surface area contributed by atoms with Gasteiger partial charge in [-0.05, 0) is 12.1 Å². The standard InChI is InChI=1S/C15H12F3N5O2/c1-19-12-10-7(15(16,17)18)5-20-13(10)23-14(22-12)21-8-3-2-4-9-11(8)25-6-24-9/h2-5H,6H2,1H3,(H3,19,20,21,22,23). The van der Waals surface area contributed by atoms with E-state index >= 15 is 0 Å². The summed E-state index contributed by atoms with van der Waals surface area (Å²) in [7, 11) is 1.50. The third-order valence-electron chi connectivity index (χ3n) is 3.72. The van der Waals surface area contributed by atoms with Crippen LogP contribution in [0.5, 0.6) is 11.5 Å². The summed E-state index contributed by atoms with van der Waals surface area (Å²) in [5, 5.41) is 5.52. The molecule has 0 amide bonds. The number of para-hydroxylation sites is 1. The molecule has 3 heterocycles. The van der Waals surface area contributed by atoms with Gasteiger partial charge in [0.1, 0.15) is 11.5 Å². The Hall–Kier alpha value is -3.17. The Kier molecular flexibility index (Phi) is 3.34. The lowest BCUT2D eigenvalue weighted by molar-refractivity contribution is -0.136. The molecule has 25 heavy (non-hydrogen) atoms. The average Bonchev–Trinajstić information content (AvgIpc) is 3.20. The Morgan fingerprint density at radius 1 is 1.20 bits per heavy atom. The molecule has 4 rings (SSSR count). The second-order valence-electron chi connectivity index (χ2n) is 5.23. The fourth-order valence-electron chi connectivity index (χ4n) is 2.64. The third kappa shape index (κ3) is 2.55. The van der Waals surface area contributed by atoms with Gasteiger partial charge in [-0.2, -0.15) is 23.1 Å². The number of hydrogen-bond acceptors (Lipinski definition) is 6. The Morgan fingerprint density at radius 3 is 2.80 bits per heavy atom. The minimum Gasteiger partial charge on any atom is -0.454 e. The highest BCUT2D eigenvalue weighted by Gasteiger charge is 2.35. The van der Waals surface area contributed by atoms with Crippen LogP contribution in [0.25, 0.3) is 11.0 Å². The second kappa shape index (κ2) is 5.43. The van der Waals surface area contributed by atoms with E-state index in [4.69, 9.17) is 9.47 Å². The van der Waals surface area contributed by atoms with Crippen molar-refractivity contribution in [2.24, 2.45) is 0 Å². The third-order valence-corrected chi connectivity index (χ3v) is 3.72. The van der Waals surface area contributed by atoms with Crippen LogP contribution in [-0.4, -0.2) is 28.8 Å². The predicted molar refractivity (Wildman–Crippen MR) is 84.3 cm³/mol. The summed E-state index contributed by atoms with van der Waals surface area (Å²) in [4.78, 5) is 10.8. The number of halogens is 3. The van der Waals surface area contributed by atoms with Gasteiger partial charge >= 0.3 is 6.18 Å². The minimum absolute atomic E-state index is 0.0609. The molecule has 0 saturated heterocycles. The Bertz CT molecular complexity index is 954.